The van der Waals surface area contributed by atoms with Gasteiger partial charge >= 0.3 is 6.18 Å². The van der Waals surface area contributed by atoms with Crippen molar-refractivity contribution in [3.8, 4) is 0 Å². The van der Waals surface area contributed by atoms with Gasteiger partial charge in [-0.2, -0.15) is 18.2 Å². The van der Waals surface area contributed by atoms with E-state index in [1.807, 2.05) is 0 Å². The number of carbonyl (C=O) groups is 2. The van der Waals surface area contributed by atoms with Crippen LogP contribution in [0.5, 0.6) is 0 Å². The van der Waals surface area contributed by atoms with Crippen LogP contribution < -0.4 is 10.6 Å². The maximum absolute atomic E-state index is 12.3. The fourth-order valence-electron chi connectivity index (χ4n) is 1.79. The van der Waals surface area contributed by atoms with E-state index < -0.39 is 23.9 Å². The maximum atomic E-state index is 12.3. The topological polar surface area (TPSA) is 99.8 Å². The van der Waals surface area contributed by atoms with Crippen molar-refractivity contribution >= 4 is 29.4 Å². The van der Waals surface area contributed by atoms with Crippen LogP contribution in [0.1, 0.15) is 29.0 Å². The molecule has 25 heavy (non-hydrogen) atoms. The molecule has 7 nitrogen and oxygen atoms in total. The van der Waals surface area contributed by atoms with Crippen LogP contribution in [0.15, 0.2) is 24.3 Å². The number of anilines is 1. The van der Waals surface area contributed by atoms with Gasteiger partial charge in [0.25, 0.3) is 5.91 Å². The number of benzene rings is 1. The molecule has 0 bridgehead atoms. The number of carbonyl (C=O) groups excluding carboxylic acids is 2. The summed E-state index contributed by atoms with van der Waals surface area (Å²) in [6, 6.07) is 6.28. The van der Waals surface area contributed by atoms with Gasteiger partial charge in [0, 0.05) is 23.6 Å². The van der Waals surface area contributed by atoms with Gasteiger partial charge < -0.3 is 5.32 Å². The second-order valence-corrected chi connectivity index (χ2v) is 5.36. The highest BCUT2D eigenvalue weighted by molar-refractivity contribution is 6.30. The van der Waals surface area contributed by atoms with Crippen molar-refractivity contribution in [2.24, 2.45) is 0 Å². The summed E-state index contributed by atoms with van der Waals surface area (Å²) in [6.07, 6.45) is -4.39. The maximum Gasteiger partial charge on any atom is 0.451 e. The number of alkyl halides is 3. The van der Waals surface area contributed by atoms with Crippen molar-refractivity contribution in [3.05, 3.63) is 40.7 Å². The molecular formula is C14H13ClF3N5O2. The van der Waals surface area contributed by atoms with Crippen molar-refractivity contribution < 1.29 is 22.8 Å². The molecule has 0 aliphatic rings. The van der Waals surface area contributed by atoms with Crippen LogP contribution in [0.3, 0.4) is 0 Å². The molecular weight excluding hydrogens is 363 g/mol. The lowest BCUT2D eigenvalue weighted by Gasteiger charge is -2.05. The lowest BCUT2D eigenvalue weighted by Crippen LogP contribution is -2.25. The van der Waals surface area contributed by atoms with Crippen LogP contribution in [0.25, 0.3) is 0 Å². The molecule has 1 aromatic heterocycles. The van der Waals surface area contributed by atoms with Crippen molar-refractivity contribution in [2.45, 2.75) is 19.0 Å². The van der Waals surface area contributed by atoms with E-state index in [4.69, 9.17) is 11.6 Å². The van der Waals surface area contributed by atoms with Gasteiger partial charge in [0.15, 0.2) is 0 Å². The Morgan fingerprint density at radius 1 is 1.20 bits per heavy atom. The molecule has 11 heteroatoms. The zero-order chi connectivity index (χ0) is 18.4. The summed E-state index contributed by atoms with van der Waals surface area (Å²) in [5, 5.41) is 10.2. The van der Waals surface area contributed by atoms with Crippen LogP contribution in [-0.4, -0.2) is 33.5 Å². The molecule has 0 saturated carbocycles. The molecule has 1 aromatic carbocycles. The van der Waals surface area contributed by atoms with E-state index >= 15 is 0 Å². The van der Waals surface area contributed by atoms with Gasteiger partial charge in [0.05, 0.1) is 0 Å². The summed E-state index contributed by atoms with van der Waals surface area (Å²) in [7, 11) is 0. The second-order valence-electron chi connectivity index (χ2n) is 4.92. The lowest BCUT2D eigenvalue weighted by molar-refractivity contribution is -0.144. The third-order valence-corrected chi connectivity index (χ3v) is 3.23. The van der Waals surface area contributed by atoms with E-state index in [1.165, 1.54) is 0 Å². The Kier molecular flexibility index (Phi) is 5.97. The number of H-pyrrole nitrogens is 1. The van der Waals surface area contributed by atoms with Crippen LogP contribution in [0.4, 0.5) is 19.1 Å². The predicted octanol–water partition coefficient (Wildman–Crippen LogP) is 2.63. The Hall–Kier alpha value is -2.62. The third-order valence-electron chi connectivity index (χ3n) is 2.98. The van der Waals surface area contributed by atoms with Gasteiger partial charge in [0.1, 0.15) is 0 Å². The van der Waals surface area contributed by atoms with Crippen LogP contribution >= 0.6 is 11.6 Å². The molecule has 0 unspecified atom stereocenters. The highest BCUT2D eigenvalue weighted by Crippen LogP contribution is 2.26. The molecule has 0 spiro atoms. The van der Waals surface area contributed by atoms with E-state index in [9.17, 15) is 22.8 Å². The number of hydrogen-bond acceptors (Lipinski definition) is 4. The number of nitrogens with one attached hydrogen (secondary N) is 3. The molecule has 0 radical (unpaired) electrons. The Morgan fingerprint density at radius 2 is 1.88 bits per heavy atom. The minimum atomic E-state index is -4.66. The normalized spacial score (nSPS) is 11.2. The Labute approximate surface area is 145 Å². The zero-order valence-corrected chi connectivity index (χ0v) is 13.4. The van der Waals surface area contributed by atoms with Crippen LogP contribution in [-0.2, 0) is 11.0 Å². The first-order valence-corrected chi connectivity index (χ1v) is 7.47. The molecule has 2 aromatic rings. The first kappa shape index (κ1) is 18.7. The molecule has 3 N–H and O–H groups in total. The molecule has 0 fully saturated rings. The van der Waals surface area contributed by atoms with Gasteiger partial charge in [-0.3, -0.25) is 20.0 Å². The summed E-state index contributed by atoms with van der Waals surface area (Å²) < 4.78 is 37.0. The van der Waals surface area contributed by atoms with Gasteiger partial charge in [-0.25, -0.2) is 0 Å². The standard InChI is InChI=1S/C14H13ClF3N5O2/c15-9-5-3-8(4-6-9)11(25)19-7-1-2-10(24)20-13-21-12(22-23-13)14(16,17)18/h3-6H,1-2,7H2,(H,19,25)(H2,20,21,22,23,24). The zero-order valence-electron chi connectivity index (χ0n) is 12.7. The highest BCUT2D eigenvalue weighted by Gasteiger charge is 2.35. The van der Waals surface area contributed by atoms with E-state index in [1.54, 1.807) is 29.4 Å². The molecule has 0 saturated heterocycles. The largest absolute Gasteiger partial charge is 0.451 e. The van der Waals surface area contributed by atoms with Crippen molar-refractivity contribution in [1.82, 2.24) is 20.5 Å². The molecule has 2 rings (SSSR count). The SMILES string of the molecule is O=C(CCCNC(=O)c1ccc(Cl)cc1)Nc1n[nH]c(C(F)(F)F)n1. The van der Waals surface area contributed by atoms with Crippen molar-refractivity contribution in [3.63, 3.8) is 0 Å². The van der Waals surface area contributed by atoms with E-state index in [2.05, 4.69) is 20.7 Å². The number of hydrogen-bond donors (Lipinski definition) is 3. The molecule has 0 atom stereocenters. The summed E-state index contributed by atoms with van der Waals surface area (Å²) in [5.41, 5.74) is 0.425. The van der Waals surface area contributed by atoms with Gasteiger partial charge in [-0.15, -0.1) is 5.10 Å². The molecule has 134 valence electrons. The summed E-state index contributed by atoms with van der Waals surface area (Å²) >= 11 is 5.72. The molecule has 0 aliphatic carbocycles. The molecule has 1 heterocycles. The summed E-state index contributed by atoms with van der Waals surface area (Å²) in [6.45, 7) is 0.219. The fourth-order valence-corrected chi connectivity index (χ4v) is 1.91. The minimum absolute atomic E-state index is 0.0171. The first-order chi connectivity index (χ1) is 11.8. The predicted molar refractivity (Wildman–Crippen MR) is 83.0 cm³/mol. The average Bonchev–Trinajstić information content (AvgIpc) is 3.00. The highest BCUT2D eigenvalue weighted by atomic mass is 35.5. The number of aromatic amines is 1. The second kappa shape index (κ2) is 7.97. The van der Waals surface area contributed by atoms with E-state index in [0.29, 0.717) is 17.0 Å². The molecule has 2 amide bonds. The number of amides is 2. The smallest absolute Gasteiger partial charge is 0.352 e. The quantitative estimate of drug-likeness (QED) is 0.676. The van der Waals surface area contributed by atoms with Crippen LogP contribution in [0, 0.1) is 0 Å². The summed E-state index contributed by atoms with van der Waals surface area (Å²) in [5.74, 6) is -2.63. The van der Waals surface area contributed by atoms with Crippen molar-refractivity contribution in [1.29, 1.82) is 0 Å². The van der Waals surface area contributed by atoms with Gasteiger partial charge in [-0.05, 0) is 30.7 Å². The number of halogens is 4. The third kappa shape index (κ3) is 5.75. The molecule has 0 aliphatic heterocycles. The number of aromatic nitrogens is 3. The van der Waals surface area contributed by atoms with Gasteiger partial charge in [-0.1, -0.05) is 11.6 Å². The number of nitrogens with zero attached hydrogens (tertiary/aromatic N) is 2. The van der Waals surface area contributed by atoms with Gasteiger partial charge in [0.2, 0.25) is 17.7 Å². The Balaban J connectivity index is 1.71. The summed E-state index contributed by atoms with van der Waals surface area (Å²) in [4.78, 5) is 26.5. The van der Waals surface area contributed by atoms with E-state index in [0.717, 1.165) is 0 Å². The van der Waals surface area contributed by atoms with E-state index in [-0.39, 0.29) is 18.9 Å². The number of rotatable bonds is 6. The monoisotopic (exact) mass is 375 g/mol. The fraction of sp³-hybridized carbons (Fsp3) is 0.286. The first-order valence-electron chi connectivity index (χ1n) is 7.09. The lowest BCUT2D eigenvalue weighted by atomic mass is 10.2. The van der Waals surface area contributed by atoms with Crippen LogP contribution in [0.2, 0.25) is 5.02 Å². The Morgan fingerprint density at radius 3 is 2.48 bits per heavy atom. The average molecular weight is 376 g/mol. The Bertz CT molecular complexity index is 746. The minimum Gasteiger partial charge on any atom is -0.352 e. The van der Waals surface area contributed by atoms with Crippen molar-refractivity contribution in [2.75, 3.05) is 11.9 Å².